The number of carbonyl (C=O) groups excluding carboxylic acids is 2. The molecule has 1 aromatic carbocycles. The van der Waals surface area contributed by atoms with E-state index in [-0.39, 0.29) is 12.6 Å². The van der Waals surface area contributed by atoms with E-state index in [9.17, 15) is 9.59 Å². The van der Waals surface area contributed by atoms with Crippen molar-refractivity contribution in [2.45, 2.75) is 38.3 Å². The Morgan fingerprint density at radius 2 is 2.07 bits per heavy atom. The van der Waals surface area contributed by atoms with Gasteiger partial charge >= 0.3 is 5.97 Å². The summed E-state index contributed by atoms with van der Waals surface area (Å²) in [6.07, 6.45) is 2.98. The molecule has 1 saturated heterocycles. The number of aryl methyl sites for hydroxylation is 1. The SMILES string of the molecule is Cc1ccc(C2=NN(C(=O)COC(=O)[C@@H]3CCCO3)[C@@H](c3ccco3)C2)cc1. The van der Waals surface area contributed by atoms with Gasteiger partial charge in [-0.1, -0.05) is 29.8 Å². The van der Waals surface area contributed by atoms with Crippen molar-refractivity contribution in [3.8, 4) is 0 Å². The molecule has 0 aliphatic carbocycles. The zero-order valence-electron chi connectivity index (χ0n) is 15.7. The molecule has 4 rings (SSSR count). The predicted molar refractivity (Wildman–Crippen MR) is 101 cm³/mol. The van der Waals surface area contributed by atoms with Gasteiger partial charge in [0.2, 0.25) is 0 Å². The van der Waals surface area contributed by atoms with E-state index in [4.69, 9.17) is 13.9 Å². The number of hydrogen-bond donors (Lipinski definition) is 0. The molecule has 1 amide bonds. The number of ether oxygens (including phenoxy) is 2. The molecule has 146 valence electrons. The first-order valence-electron chi connectivity index (χ1n) is 9.40. The molecule has 1 fully saturated rings. The Bertz CT molecular complexity index is 867. The third-order valence-electron chi connectivity index (χ3n) is 4.95. The van der Waals surface area contributed by atoms with Gasteiger partial charge < -0.3 is 13.9 Å². The third kappa shape index (κ3) is 3.84. The summed E-state index contributed by atoms with van der Waals surface area (Å²) < 4.78 is 16.0. The molecule has 2 atom stereocenters. The fraction of sp³-hybridized carbons (Fsp3) is 0.381. The van der Waals surface area contributed by atoms with Crippen molar-refractivity contribution in [3.05, 3.63) is 59.5 Å². The zero-order chi connectivity index (χ0) is 19.5. The molecule has 2 aliphatic rings. The van der Waals surface area contributed by atoms with Gasteiger partial charge in [0.15, 0.2) is 12.7 Å². The van der Waals surface area contributed by atoms with Gasteiger partial charge in [0.25, 0.3) is 5.91 Å². The first kappa shape index (κ1) is 18.4. The van der Waals surface area contributed by atoms with Crippen LogP contribution in [0.2, 0.25) is 0 Å². The zero-order valence-corrected chi connectivity index (χ0v) is 15.7. The lowest BCUT2D eigenvalue weighted by atomic mass is 10.0. The van der Waals surface area contributed by atoms with Crippen LogP contribution in [0.1, 0.15) is 42.2 Å². The highest BCUT2D eigenvalue weighted by Crippen LogP contribution is 2.33. The van der Waals surface area contributed by atoms with Crippen LogP contribution >= 0.6 is 0 Å². The maximum Gasteiger partial charge on any atom is 0.335 e. The highest BCUT2D eigenvalue weighted by molar-refractivity contribution is 6.03. The van der Waals surface area contributed by atoms with Gasteiger partial charge in [0, 0.05) is 13.0 Å². The smallest absolute Gasteiger partial charge is 0.335 e. The van der Waals surface area contributed by atoms with Crippen molar-refractivity contribution in [1.82, 2.24) is 5.01 Å². The number of hydrazone groups is 1. The van der Waals surface area contributed by atoms with Gasteiger partial charge in [-0.2, -0.15) is 5.10 Å². The van der Waals surface area contributed by atoms with Crippen molar-refractivity contribution in [2.24, 2.45) is 5.10 Å². The van der Waals surface area contributed by atoms with Gasteiger partial charge in [-0.15, -0.1) is 0 Å². The summed E-state index contributed by atoms with van der Waals surface area (Å²) in [5, 5.41) is 5.88. The van der Waals surface area contributed by atoms with Crippen molar-refractivity contribution in [3.63, 3.8) is 0 Å². The Balaban J connectivity index is 1.49. The second kappa shape index (κ2) is 7.98. The lowest BCUT2D eigenvalue weighted by Crippen LogP contribution is -2.33. The van der Waals surface area contributed by atoms with Crippen LogP contribution in [0, 0.1) is 6.92 Å². The molecule has 0 saturated carbocycles. The predicted octanol–water partition coefficient (Wildman–Crippen LogP) is 2.99. The number of amides is 1. The molecule has 0 unspecified atom stereocenters. The van der Waals surface area contributed by atoms with E-state index in [1.54, 1.807) is 12.3 Å². The summed E-state index contributed by atoms with van der Waals surface area (Å²) in [6, 6.07) is 11.2. The van der Waals surface area contributed by atoms with E-state index >= 15 is 0 Å². The van der Waals surface area contributed by atoms with E-state index in [1.165, 1.54) is 5.01 Å². The molecule has 2 aromatic rings. The molecule has 0 N–H and O–H groups in total. The van der Waals surface area contributed by atoms with Crippen molar-refractivity contribution >= 4 is 17.6 Å². The molecule has 0 bridgehead atoms. The molecule has 2 aliphatic heterocycles. The van der Waals surface area contributed by atoms with E-state index in [0.29, 0.717) is 25.2 Å². The highest BCUT2D eigenvalue weighted by Gasteiger charge is 2.35. The number of benzene rings is 1. The average molecular weight is 382 g/mol. The Kier molecular flexibility index (Phi) is 5.25. The van der Waals surface area contributed by atoms with Crippen LogP contribution in [0.15, 0.2) is 52.2 Å². The Morgan fingerprint density at radius 1 is 1.25 bits per heavy atom. The van der Waals surface area contributed by atoms with Crippen LogP contribution < -0.4 is 0 Å². The van der Waals surface area contributed by atoms with Gasteiger partial charge in [0.1, 0.15) is 11.8 Å². The Hall–Kier alpha value is -2.93. The number of rotatable bonds is 5. The maximum absolute atomic E-state index is 12.8. The molecule has 7 heteroatoms. The summed E-state index contributed by atoms with van der Waals surface area (Å²) in [4.78, 5) is 24.8. The van der Waals surface area contributed by atoms with Gasteiger partial charge in [-0.05, 0) is 37.5 Å². The van der Waals surface area contributed by atoms with Crippen molar-refractivity contribution < 1.29 is 23.5 Å². The lowest BCUT2D eigenvalue weighted by molar-refractivity contribution is -0.160. The summed E-state index contributed by atoms with van der Waals surface area (Å²) in [7, 11) is 0. The van der Waals surface area contributed by atoms with Crippen LogP contribution in [0.4, 0.5) is 0 Å². The fourth-order valence-corrected chi connectivity index (χ4v) is 3.42. The monoisotopic (exact) mass is 382 g/mol. The molecule has 7 nitrogen and oxygen atoms in total. The molecular formula is C21H22N2O5. The minimum absolute atomic E-state index is 0.361. The minimum Gasteiger partial charge on any atom is -0.467 e. The fourth-order valence-electron chi connectivity index (χ4n) is 3.42. The number of furan rings is 1. The summed E-state index contributed by atoms with van der Waals surface area (Å²) in [5.74, 6) is -0.248. The molecule has 1 aromatic heterocycles. The van der Waals surface area contributed by atoms with E-state index in [1.807, 2.05) is 37.3 Å². The van der Waals surface area contributed by atoms with Crippen LogP contribution in [0.3, 0.4) is 0 Å². The third-order valence-corrected chi connectivity index (χ3v) is 4.95. The van der Waals surface area contributed by atoms with E-state index in [0.717, 1.165) is 23.3 Å². The summed E-state index contributed by atoms with van der Waals surface area (Å²) >= 11 is 0. The number of esters is 1. The van der Waals surface area contributed by atoms with Crippen LogP contribution in [-0.2, 0) is 19.1 Å². The number of nitrogens with zero attached hydrogens (tertiary/aromatic N) is 2. The van der Waals surface area contributed by atoms with E-state index in [2.05, 4.69) is 5.10 Å². The highest BCUT2D eigenvalue weighted by atomic mass is 16.6. The average Bonchev–Trinajstić information content (AvgIpc) is 3.47. The lowest BCUT2D eigenvalue weighted by Gasteiger charge is -2.20. The minimum atomic E-state index is -0.570. The van der Waals surface area contributed by atoms with Crippen LogP contribution in [-0.4, -0.2) is 41.9 Å². The standard InChI is InChI=1S/C21H22N2O5/c1-14-6-8-15(9-7-14)16-12-17(18-4-2-10-26-18)23(22-16)20(24)13-28-21(25)19-5-3-11-27-19/h2,4,6-10,17,19H,3,5,11-13H2,1H3/t17-,19+/m1/s1. The Morgan fingerprint density at radius 3 is 2.75 bits per heavy atom. The molecule has 0 radical (unpaired) electrons. The van der Waals surface area contributed by atoms with E-state index < -0.39 is 18.0 Å². The van der Waals surface area contributed by atoms with Crippen molar-refractivity contribution in [2.75, 3.05) is 13.2 Å². The molecule has 3 heterocycles. The second-order valence-corrected chi connectivity index (χ2v) is 7.00. The largest absolute Gasteiger partial charge is 0.467 e. The first-order valence-corrected chi connectivity index (χ1v) is 9.40. The van der Waals surface area contributed by atoms with Gasteiger partial charge in [-0.3, -0.25) is 4.79 Å². The maximum atomic E-state index is 12.8. The second-order valence-electron chi connectivity index (χ2n) is 7.00. The summed E-state index contributed by atoms with van der Waals surface area (Å²) in [5.41, 5.74) is 2.90. The quantitative estimate of drug-likeness (QED) is 0.743. The van der Waals surface area contributed by atoms with Crippen LogP contribution in [0.5, 0.6) is 0 Å². The van der Waals surface area contributed by atoms with Crippen molar-refractivity contribution in [1.29, 1.82) is 0 Å². The summed E-state index contributed by atoms with van der Waals surface area (Å²) in [6.45, 7) is 2.19. The Labute approximate surface area is 162 Å². The first-order chi connectivity index (χ1) is 13.6. The molecular weight excluding hydrogens is 360 g/mol. The molecule has 0 spiro atoms. The van der Waals surface area contributed by atoms with Crippen LogP contribution in [0.25, 0.3) is 0 Å². The normalized spacial score (nSPS) is 21.6. The molecule has 28 heavy (non-hydrogen) atoms. The number of hydrogen-bond acceptors (Lipinski definition) is 6. The van der Waals surface area contributed by atoms with Gasteiger partial charge in [0.05, 0.1) is 12.0 Å². The van der Waals surface area contributed by atoms with Gasteiger partial charge in [-0.25, -0.2) is 9.80 Å². The number of carbonyl (C=O) groups is 2. The topological polar surface area (TPSA) is 81.3 Å².